The van der Waals surface area contributed by atoms with Gasteiger partial charge in [0.2, 0.25) is 0 Å². The highest BCUT2D eigenvalue weighted by atomic mass is 32.1. The fourth-order valence-corrected chi connectivity index (χ4v) is 2.62. The van der Waals surface area contributed by atoms with Gasteiger partial charge in [0.1, 0.15) is 0 Å². The van der Waals surface area contributed by atoms with Crippen molar-refractivity contribution in [2.24, 2.45) is 5.92 Å². The number of amides is 2. The number of anilines is 1. The van der Waals surface area contributed by atoms with Crippen LogP contribution in [0.5, 0.6) is 0 Å². The first-order valence-corrected chi connectivity index (χ1v) is 6.65. The lowest BCUT2D eigenvalue weighted by molar-refractivity contribution is -0.143. The van der Waals surface area contributed by atoms with Crippen LogP contribution < -0.4 is 5.32 Å². The molecule has 0 aromatic carbocycles. The van der Waals surface area contributed by atoms with Crippen LogP contribution in [0, 0.1) is 12.8 Å². The van der Waals surface area contributed by atoms with Gasteiger partial charge in [-0.15, -0.1) is 11.3 Å². The highest BCUT2D eigenvalue weighted by molar-refractivity contribution is 7.13. The number of carbonyl (C=O) groups excluding carboxylic acids is 1. The second-order valence-electron chi connectivity index (χ2n) is 4.35. The number of carboxylic acids is 1. The molecular formula is C11H15N3O3S. The second-order valence-corrected chi connectivity index (χ2v) is 5.21. The van der Waals surface area contributed by atoms with E-state index in [1.807, 2.05) is 12.3 Å². The van der Waals surface area contributed by atoms with Gasteiger partial charge in [-0.3, -0.25) is 10.1 Å². The number of hydrogen-bond acceptors (Lipinski definition) is 4. The summed E-state index contributed by atoms with van der Waals surface area (Å²) in [6.45, 7) is 2.72. The molecule has 1 fully saturated rings. The van der Waals surface area contributed by atoms with Crippen LogP contribution in [0.25, 0.3) is 0 Å². The molecule has 0 saturated carbocycles. The monoisotopic (exact) mass is 269 g/mol. The molecule has 98 valence electrons. The van der Waals surface area contributed by atoms with Gasteiger partial charge in [0.05, 0.1) is 11.6 Å². The molecule has 1 aromatic heterocycles. The third kappa shape index (κ3) is 2.98. The van der Waals surface area contributed by atoms with Crippen LogP contribution >= 0.6 is 11.3 Å². The predicted molar refractivity (Wildman–Crippen MR) is 67.8 cm³/mol. The minimum absolute atomic E-state index is 0.268. The topological polar surface area (TPSA) is 82.5 Å². The maximum absolute atomic E-state index is 11.9. The number of hydrogen-bond donors (Lipinski definition) is 2. The summed E-state index contributed by atoms with van der Waals surface area (Å²) in [7, 11) is 0. The van der Waals surface area contributed by atoms with Gasteiger partial charge >= 0.3 is 12.0 Å². The Balaban J connectivity index is 1.94. The quantitative estimate of drug-likeness (QED) is 0.857. The predicted octanol–water partition coefficient (Wildman–Crippen LogP) is 1.78. The average molecular weight is 269 g/mol. The van der Waals surface area contributed by atoms with E-state index in [0.29, 0.717) is 18.1 Å². The normalized spacial score (nSPS) is 19.6. The highest BCUT2D eigenvalue weighted by Crippen LogP contribution is 2.19. The second kappa shape index (κ2) is 5.34. The Labute approximate surface area is 109 Å². The van der Waals surface area contributed by atoms with E-state index in [1.165, 1.54) is 11.3 Å². The summed E-state index contributed by atoms with van der Waals surface area (Å²) in [5.41, 5.74) is 0.859. The summed E-state index contributed by atoms with van der Waals surface area (Å²) in [6, 6.07) is -0.268. The van der Waals surface area contributed by atoms with E-state index in [-0.39, 0.29) is 12.6 Å². The van der Waals surface area contributed by atoms with Crippen molar-refractivity contribution in [3.63, 3.8) is 0 Å². The van der Waals surface area contributed by atoms with Crippen LogP contribution in [0.2, 0.25) is 0 Å². The maximum atomic E-state index is 11.9. The molecule has 2 rings (SSSR count). The van der Waals surface area contributed by atoms with Gasteiger partial charge < -0.3 is 10.0 Å². The lowest BCUT2D eigenvalue weighted by Crippen LogP contribution is -2.44. The molecule has 2 heterocycles. The van der Waals surface area contributed by atoms with E-state index < -0.39 is 11.9 Å². The molecule has 6 nitrogen and oxygen atoms in total. The molecule has 2 N–H and O–H groups in total. The number of rotatable bonds is 2. The van der Waals surface area contributed by atoms with Crippen molar-refractivity contribution < 1.29 is 14.7 Å². The third-order valence-corrected chi connectivity index (χ3v) is 3.77. The van der Waals surface area contributed by atoms with Crippen molar-refractivity contribution in [2.75, 3.05) is 18.4 Å². The fraction of sp³-hybridized carbons (Fsp3) is 0.545. The highest BCUT2D eigenvalue weighted by Gasteiger charge is 2.28. The molecule has 18 heavy (non-hydrogen) atoms. The van der Waals surface area contributed by atoms with Crippen LogP contribution in [-0.4, -0.2) is 40.1 Å². The minimum Gasteiger partial charge on any atom is -0.481 e. The van der Waals surface area contributed by atoms with Crippen LogP contribution in [-0.2, 0) is 4.79 Å². The van der Waals surface area contributed by atoms with Crippen molar-refractivity contribution in [3.8, 4) is 0 Å². The van der Waals surface area contributed by atoms with Crippen LogP contribution in [0.3, 0.4) is 0 Å². The van der Waals surface area contributed by atoms with Crippen LogP contribution in [0.4, 0.5) is 9.93 Å². The van der Waals surface area contributed by atoms with Crippen LogP contribution in [0.1, 0.15) is 18.5 Å². The Morgan fingerprint density at radius 2 is 2.39 bits per heavy atom. The van der Waals surface area contributed by atoms with Gasteiger partial charge in [0.15, 0.2) is 5.13 Å². The molecule has 0 spiro atoms. The number of aliphatic carboxylic acids is 1. The summed E-state index contributed by atoms with van der Waals surface area (Å²) >= 11 is 1.36. The summed E-state index contributed by atoms with van der Waals surface area (Å²) < 4.78 is 0. The number of likely N-dealkylation sites (tertiary alicyclic amines) is 1. The van der Waals surface area contributed by atoms with E-state index in [1.54, 1.807) is 4.90 Å². The van der Waals surface area contributed by atoms with Crippen molar-refractivity contribution in [1.29, 1.82) is 0 Å². The molecule has 1 unspecified atom stereocenters. The number of nitrogens with zero attached hydrogens (tertiary/aromatic N) is 2. The molecule has 0 bridgehead atoms. The zero-order valence-electron chi connectivity index (χ0n) is 10.0. The zero-order valence-corrected chi connectivity index (χ0v) is 10.9. The SMILES string of the molecule is Cc1csc(NC(=O)N2CCCC(C(=O)O)C2)n1. The first-order valence-electron chi connectivity index (χ1n) is 5.77. The molecule has 0 radical (unpaired) electrons. The Bertz CT molecular complexity index is 460. The van der Waals surface area contributed by atoms with Gasteiger partial charge in [-0.2, -0.15) is 0 Å². The number of piperidine rings is 1. The molecule has 7 heteroatoms. The Morgan fingerprint density at radius 3 is 3.00 bits per heavy atom. The van der Waals surface area contributed by atoms with Crippen LogP contribution in [0.15, 0.2) is 5.38 Å². The molecule has 1 saturated heterocycles. The minimum atomic E-state index is -0.836. The summed E-state index contributed by atoms with van der Waals surface area (Å²) in [5, 5.41) is 14.1. The maximum Gasteiger partial charge on any atom is 0.323 e. The summed E-state index contributed by atoms with van der Waals surface area (Å²) in [5.74, 6) is -1.29. The van der Waals surface area contributed by atoms with Crippen molar-refractivity contribution in [1.82, 2.24) is 9.88 Å². The Kier molecular flexibility index (Phi) is 3.81. The molecule has 1 aliphatic heterocycles. The summed E-state index contributed by atoms with van der Waals surface area (Å²) in [4.78, 5) is 28.5. The molecule has 2 amide bonds. The standard InChI is InChI=1S/C11H15N3O3S/c1-7-6-18-10(12-7)13-11(17)14-4-2-3-8(5-14)9(15)16/h6,8H,2-5H2,1H3,(H,15,16)(H,12,13,17). The largest absolute Gasteiger partial charge is 0.481 e. The van der Waals surface area contributed by atoms with E-state index in [2.05, 4.69) is 10.3 Å². The number of nitrogens with one attached hydrogen (secondary N) is 1. The van der Waals surface area contributed by atoms with Crippen molar-refractivity contribution in [2.45, 2.75) is 19.8 Å². The average Bonchev–Trinajstić information content (AvgIpc) is 2.75. The lowest BCUT2D eigenvalue weighted by Gasteiger charge is -2.30. The van der Waals surface area contributed by atoms with E-state index in [0.717, 1.165) is 12.1 Å². The Hall–Kier alpha value is -1.63. The van der Waals surface area contributed by atoms with Crippen molar-refractivity contribution in [3.05, 3.63) is 11.1 Å². The van der Waals surface area contributed by atoms with Gasteiger partial charge in [0.25, 0.3) is 0 Å². The summed E-state index contributed by atoms with van der Waals surface area (Å²) in [6.07, 6.45) is 1.36. The van der Waals surface area contributed by atoms with E-state index >= 15 is 0 Å². The van der Waals surface area contributed by atoms with Gasteiger partial charge in [0, 0.05) is 18.5 Å². The first-order chi connectivity index (χ1) is 8.56. The molecule has 1 atom stereocenters. The van der Waals surface area contributed by atoms with E-state index in [9.17, 15) is 9.59 Å². The number of urea groups is 1. The molecule has 1 aliphatic rings. The van der Waals surface area contributed by atoms with E-state index in [4.69, 9.17) is 5.11 Å². The van der Waals surface area contributed by atoms with Gasteiger partial charge in [-0.25, -0.2) is 9.78 Å². The Morgan fingerprint density at radius 1 is 1.61 bits per heavy atom. The fourth-order valence-electron chi connectivity index (χ4n) is 1.95. The third-order valence-electron chi connectivity index (χ3n) is 2.89. The zero-order chi connectivity index (χ0) is 13.1. The van der Waals surface area contributed by atoms with Gasteiger partial charge in [-0.1, -0.05) is 0 Å². The lowest BCUT2D eigenvalue weighted by atomic mass is 9.99. The number of aromatic nitrogens is 1. The number of carbonyl (C=O) groups is 2. The number of aryl methyl sites for hydroxylation is 1. The number of carboxylic acid groups (broad SMARTS) is 1. The number of thiazole rings is 1. The smallest absolute Gasteiger partial charge is 0.323 e. The molecule has 0 aliphatic carbocycles. The van der Waals surface area contributed by atoms with Crippen molar-refractivity contribution >= 4 is 28.5 Å². The first kappa shape index (κ1) is 12.8. The molecule has 1 aromatic rings. The van der Waals surface area contributed by atoms with Gasteiger partial charge in [-0.05, 0) is 19.8 Å². The molecular weight excluding hydrogens is 254 g/mol.